The van der Waals surface area contributed by atoms with Crippen LogP contribution >= 0.6 is 34.4 Å². The smallest absolute Gasteiger partial charge is 0.341 e. The molecular weight excluding hydrogens is 501 g/mol. The summed E-state index contributed by atoms with van der Waals surface area (Å²) in [5, 5.41) is 15.1. The molecule has 0 fully saturated rings. The third-order valence-electron chi connectivity index (χ3n) is 6.20. The van der Waals surface area contributed by atoms with Crippen LogP contribution in [0.25, 0.3) is 11.4 Å². The van der Waals surface area contributed by atoms with Crippen molar-refractivity contribution >= 4 is 51.3 Å². The molecule has 0 saturated heterocycles. The number of hydrogen-bond acceptors (Lipinski definition) is 8. The average molecular weight is 531 g/mol. The van der Waals surface area contributed by atoms with E-state index in [1.807, 2.05) is 4.57 Å². The fraction of sp³-hybridized carbons (Fsp3) is 0.440. The van der Waals surface area contributed by atoms with E-state index >= 15 is 0 Å². The first-order valence-corrected chi connectivity index (χ1v) is 14.4. The molecule has 0 bridgehead atoms. The Morgan fingerprint density at radius 3 is 2.69 bits per heavy atom. The van der Waals surface area contributed by atoms with Crippen molar-refractivity contribution in [2.75, 3.05) is 18.2 Å². The van der Waals surface area contributed by atoms with Crippen molar-refractivity contribution in [3.8, 4) is 11.4 Å². The summed E-state index contributed by atoms with van der Waals surface area (Å²) in [6.45, 7) is 8.58. The van der Waals surface area contributed by atoms with Gasteiger partial charge in [0.05, 0.1) is 18.4 Å². The fourth-order valence-corrected chi connectivity index (χ4v) is 7.15. The van der Waals surface area contributed by atoms with E-state index in [9.17, 15) is 9.59 Å². The van der Waals surface area contributed by atoms with Gasteiger partial charge in [0.15, 0.2) is 11.0 Å². The van der Waals surface area contributed by atoms with Crippen molar-refractivity contribution in [1.29, 1.82) is 0 Å². The number of nitrogens with zero attached hydrogens (tertiary/aromatic N) is 3. The lowest BCUT2D eigenvalue weighted by atomic mass is 9.96. The van der Waals surface area contributed by atoms with Crippen molar-refractivity contribution in [3.05, 3.63) is 44.5 Å². The van der Waals surface area contributed by atoms with Gasteiger partial charge in [-0.3, -0.25) is 9.36 Å². The molecule has 1 aliphatic rings. The minimum atomic E-state index is -0.386. The number of esters is 1. The number of thioether (sulfide) groups is 1. The van der Waals surface area contributed by atoms with E-state index in [1.165, 1.54) is 51.9 Å². The number of methoxy groups -OCH3 is 1. The van der Waals surface area contributed by atoms with Gasteiger partial charge in [-0.25, -0.2) is 4.79 Å². The summed E-state index contributed by atoms with van der Waals surface area (Å²) in [7, 11) is 1.39. The molecule has 10 heteroatoms. The Morgan fingerprint density at radius 1 is 1.23 bits per heavy atom. The van der Waals surface area contributed by atoms with Gasteiger partial charge < -0.3 is 10.1 Å². The second-order valence-electron chi connectivity index (χ2n) is 8.49. The first kappa shape index (κ1) is 25.7. The number of rotatable bonds is 8. The lowest BCUT2D eigenvalue weighted by Crippen LogP contribution is -2.17. The Balaban J connectivity index is 1.52. The van der Waals surface area contributed by atoms with Crippen molar-refractivity contribution < 1.29 is 14.3 Å². The number of amides is 1. The molecule has 0 saturated carbocycles. The Morgan fingerprint density at radius 2 is 2.00 bits per heavy atom. The molecule has 0 radical (unpaired) electrons. The zero-order chi connectivity index (χ0) is 24.9. The normalized spacial score (nSPS) is 13.6. The Labute approximate surface area is 218 Å². The number of hydrogen-bond donors (Lipinski definition) is 1. The summed E-state index contributed by atoms with van der Waals surface area (Å²) in [6, 6.07) is 0. The molecule has 35 heavy (non-hydrogen) atoms. The van der Waals surface area contributed by atoms with Crippen molar-refractivity contribution in [3.63, 3.8) is 0 Å². The van der Waals surface area contributed by atoms with Crippen LogP contribution in [-0.4, -0.2) is 39.5 Å². The van der Waals surface area contributed by atoms with Gasteiger partial charge in [-0.15, -0.1) is 39.4 Å². The molecule has 0 atom stereocenters. The largest absolute Gasteiger partial charge is 0.465 e. The minimum absolute atomic E-state index is 0.153. The number of carbonyl (C=O) groups excluding carboxylic acids is 2. The molecule has 0 unspecified atom stereocenters. The second-order valence-corrected chi connectivity index (χ2v) is 11.6. The van der Waals surface area contributed by atoms with Crippen LogP contribution in [0.4, 0.5) is 5.00 Å². The first-order valence-electron chi connectivity index (χ1n) is 11.7. The number of fused-ring (bicyclic) bond motifs is 1. The summed E-state index contributed by atoms with van der Waals surface area (Å²) in [5.41, 5.74) is 3.80. The minimum Gasteiger partial charge on any atom is -0.465 e. The zero-order valence-corrected chi connectivity index (χ0v) is 22.8. The van der Waals surface area contributed by atoms with Crippen LogP contribution in [0.5, 0.6) is 0 Å². The molecule has 186 valence electrons. The van der Waals surface area contributed by atoms with E-state index in [-0.39, 0.29) is 17.6 Å². The summed E-state index contributed by atoms with van der Waals surface area (Å²) in [5.74, 6) is 0.357. The molecule has 3 heterocycles. The number of ether oxygens (including phenoxy) is 1. The second kappa shape index (κ2) is 11.5. The van der Waals surface area contributed by atoms with Crippen LogP contribution in [0.2, 0.25) is 0 Å². The van der Waals surface area contributed by atoms with Crippen LogP contribution in [0.3, 0.4) is 0 Å². The van der Waals surface area contributed by atoms with E-state index in [2.05, 4.69) is 41.3 Å². The van der Waals surface area contributed by atoms with Gasteiger partial charge in [-0.05, 0) is 50.7 Å². The van der Waals surface area contributed by atoms with E-state index in [0.29, 0.717) is 22.3 Å². The number of aryl methyl sites for hydroxylation is 2. The van der Waals surface area contributed by atoms with Gasteiger partial charge in [0.25, 0.3) is 0 Å². The molecule has 0 spiro atoms. The summed E-state index contributed by atoms with van der Waals surface area (Å²) in [4.78, 5) is 28.0. The molecule has 3 aromatic rings. The van der Waals surface area contributed by atoms with Crippen molar-refractivity contribution in [2.24, 2.45) is 0 Å². The Bertz CT molecular complexity index is 1240. The number of allylic oxidation sites excluding steroid dienone is 1. The van der Waals surface area contributed by atoms with Crippen LogP contribution < -0.4 is 5.32 Å². The van der Waals surface area contributed by atoms with E-state index < -0.39 is 0 Å². The number of anilines is 1. The molecule has 1 aliphatic carbocycles. The summed E-state index contributed by atoms with van der Waals surface area (Å²) < 4.78 is 7.05. The topological polar surface area (TPSA) is 86.1 Å². The Hall–Kier alpha value is -2.43. The number of nitrogens with one attached hydrogen (secondary N) is 1. The highest BCUT2D eigenvalue weighted by Crippen LogP contribution is 2.38. The SMILES string of the molecule is C=CCn1c(SCC(=O)Nc2sc3c(c2C(=O)OC)CCCCCC3)nnc1-c1csc(C)c1C. The predicted molar refractivity (Wildman–Crippen MR) is 144 cm³/mol. The third-order valence-corrected chi connectivity index (χ3v) is 9.39. The Kier molecular flexibility index (Phi) is 8.46. The summed E-state index contributed by atoms with van der Waals surface area (Å²) in [6.07, 6.45) is 8.07. The fourth-order valence-electron chi connectivity index (χ4n) is 4.24. The third kappa shape index (κ3) is 5.54. The highest BCUT2D eigenvalue weighted by atomic mass is 32.2. The van der Waals surface area contributed by atoms with Gasteiger partial charge >= 0.3 is 5.97 Å². The number of thiophene rings is 2. The predicted octanol–water partition coefficient (Wildman–Crippen LogP) is 6.05. The zero-order valence-electron chi connectivity index (χ0n) is 20.3. The van der Waals surface area contributed by atoms with Crippen molar-refractivity contribution in [1.82, 2.24) is 14.8 Å². The standard InChI is InChI=1S/C25H30N4O3S3/c1-5-12-29-22(18-13-33-16(3)15(18)2)27-28-25(29)34-14-20(30)26-23-21(24(31)32-4)17-10-8-6-7-9-11-19(17)35-23/h5,13H,1,6-12,14H2,2-4H3,(H,26,30). The molecule has 1 N–H and O–H groups in total. The maximum Gasteiger partial charge on any atom is 0.341 e. The molecule has 7 nitrogen and oxygen atoms in total. The lowest BCUT2D eigenvalue weighted by Gasteiger charge is -2.11. The van der Waals surface area contributed by atoms with Gasteiger partial charge in [0.1, 0.15) is 5.00 Å². The van der Waals surface area contributed by atoms with Crippen LogP contribution in [0, 0.1) is 13.8 Å². The maximum absolute atomic E-state index is 12.9. The molecule has 1 amide bonds. The van der Waals surface area contributed by atoms with Crippen molar-refractivity contribution in [2.45, 2.75) is 64.1 Å². The highest BCUT2D eigenvalue weighted by molar-refractivity contribution is 7.99. The molecule has 4 rings (SSSR count). The van der Waals surface area contributed by atoms with Crippen LogP contribution in [0.1, 0.15) is 56.9 Å². The first-order chi connectivity index (χ1) is 16.9. The van der Waals surface area contributed by atoms with E-state index in [4.69, 9.17) is 4.74 Å². The van der Waals surface area contributed by atoms with Gasteiger partial charge in [-0.1, -0.05) is 30.7 Å². The lowest BCUT2D eigenvalue weighted by molar-refractivity contribution is -0.113. The molecule has 0 aromatic carbocycles. The van der Waals surface area contributed by atoms with Crippen LogP contribution in [-0.2, 0) is 28.9 Å². The number of carbonyl (C=O) groups is 2. The van der Waals surface area contributed by atoms with Gasteiger partial charge in [0, 0.05) is 27.2 Å². The molecular formula is C25H30N4O3S3. The molecule has 3 aromatic heterocycles. The highest BCUT2D eigenvalue weighted by Gasteiger charge is 2.26. The van der Waals surface area contributed by atoms with E-state index in [1.54, 1.807) is 17.4 Å². The maximum atomic E-state index is 12.9. The summed E-state index contributed by atoms with van der Waals surface area (Å²) >= 11 is 4.52. The molecule has 0 aliphatic heterocycles. The quantitative estimate of drug-likeness (QED) is 0.217. The van der Waals surface area contributed by atoms with Crippen LogP contribution in [0.15, 0.2) is 23.2 Å². The van der Waals surface area contributed by atoms with E-state index in [0.717, 1.165) is 49.1 Å². The van der Waals surface area contributed by atoms with Gasteiger partial charge in [-0.2, -0.15) is 0 Å². The van der Waals surface area contributed by atoms with Gasteiger partial charge in [0.2, 0.25) is 5.91 Å². The number of aromatic nitrogens is 3. The average Bonchev–Trinajstić information content (AvgIpc) is 3.48. The monoisotopic (exact) mass is 530 g/mol.